The van der Waals surface area contributed by atoms with E-state index in [0.29, 0.717) is 40.7 Å². The summed E-state index contributed by atoms with van der Waals surface area (Å²) in [6.07, 6.45) is 1.60. The number of ether oxygens (including phenoxy) is 2. The van der Waals surface area contributed by atoms with Gasteiger partial charge >= 0.3 is 0 Å². The molecule has 7 nitrogen and oxygen atoms in total. The molecule has 164 valence electrons. The number of benzene rings is 2. The van der Waals surface area contributed by atoms with Gasteiger partial charge in [0.25, 0.3) is 5.56 Å². The lowest BCUT2D eigenvalue weighted by atomic mass is 10.0. The highest BCUT2D eigenvalue weighted by atomic mass is 32.2. The first-order valence-electron chi connectivity index (χ1n) is 9.64. The van der Waals surface area contributed by atoms with Gasteiger partial charge in [-0.15, -0.1) is 0 Å². The zero-order valence-electron chi connectivity index (χ0n) is 17.4. The Morgan fingerprint density at radius 3 is 2.35 bits per heavy atom. The number of hydrogen-bond acceptors (Lipinski definition) is 5. The number of halogens is 1. The fourth-order valence-corrected chi connectivity index (χ4v) is 3.49. The topological polar surface area (TPSA) is 86.6 Å². The summed E-state index contributed by atoms with van der Waals surface area (Å²) in [6.45, 7) is 3.66. The van der Waals surface area contributed by atoms with Gasteiger partial charge < -0.3 is 14.0 Å². The molecule has 0 fully saturated rings. The highest BCUT2D eigenvalue weighted by Gasteiger charge is 2.17. The van der Waals surface area contributed by atoms with E-state index >= 15 is 0 Å². The van der Waals surface area contributed by atoms with Crippen LogP contribution in [0, 0.1) is 5.82 Å². The number of pyridine rings is 1. The van der Waals surface area contributed by atoms with E-state index in [0.717, 1.165) is 0 Å². The molecule has 0 aliphatic heterocycles. The van der Waals surface area contributed by atoms with Crippen LogP contribution in [0.4, 0.5) is 10.1 Å². The van der Waals surface area contributed by atoms with Crippen LogP contribution in [0.1, 0.15) is 13.8 Å². The Bertz CT molecular complexity index is 1240. The molecule has 1 N–H and O–H groups in total. The zero-order valence-corrected chi connectivity index (χ0v) is 18.2. The molecule has 0 saturated heterocycles. The van der Waals surface area contributed by atoms with Gasteiger partial charge in [0.2, 0.25) is 10.0 Å². The van der Waals surface area contributed by atoms with Crippen LogP contribution in [0.5, 0.6) is 17.2 Å². The monoisotopic (exact) mass is 446 g/mol. The van der Waals surface area contributed by atoms with E-state index in [1.165, 1.54) is 41.8 Å². The Balaban J connectivity index is 2.17. The van der Waals surface area contributed by atoms with Crippen molar-refractivity contribution in [3.8, 4) is 28.4 Å². The van der Waals surface area contributed by atoms with Crippen LogP contribution < -0.4 is 19.8 Å². The molecule has 2 aromatic carbocycles. The molecule has 0 saturated carbocycles. The van der Waals surface area contributed by atoms with Crippen molar-refractivity contribution in [2.45, 2.75) is 13.8 Å². The summed E-state index contributed by atoms with van der Waals surface area (Å²) in [5.41, 5.74) is 1.12. The molecule has 0 aliphatic carbocycles. The molecule has 1 heterocycles. The molecule has 0 atom stereocenters. The van der Waals surface area contributed by atoms with Crippen LogP contribution in [0.2, 0.25) is 0 Å². The van der Waals surface area contributed by atoms with E-state index in [-0.39, 0.29) is 11.3 Å². The van der Waals surface area contributed by atoms with Gasteiger partial charge in [-0.25, -0.2) is 12.8 Å². The Morgan fingerprint density at radius 1 is 1.00 bits per heavy atom. The number of nitrogens with zero attached hydrogens (tertiary/aromatic N) is 1. The fraction of sp³-hybridized carbons (Fsp3) is 0.227. The lowest BCUT2D eigenvalue weighted by Gasteiger charge is -2.17. The second-order valence-corrected chi connectivity index (χ2v) is 8.72. The van der Waals surface area contributed by atoms with Crippen molar-refractivity contribution in [2.75, 3.05) is 17.1 Å². The van der Waals surface area contributed by atoms with Gasteiger partial charge in [0.1, 0.15) is 23.1 Å². The first-order valence-corrected chi connectivity index (χ1v) is 11.3. The first kappa shape index (κ1) is 22.4. The summed E-state index contributed by atoms with van der Waals surface area (Å²) in [6, 6.07) is 11.7. The smallest absolute Gasteiger partial charge is 0.254 e. The minimum Gasteiger partial charge on any atom is -0.493 e. The lowest BCUT2D eigenvalue weighted by molar-refractivity contribution is 0.340. The van der Waals surface area contributed by atoms with Crippen LogP contribution in [-0.4, -0.2) is 25.3 Å². The van der Waals surface area contributed by atoms with Crippen LogP contribution in [0.15, 0.2) is 59.5 Å². The average Bonchev–Trinajstić information content (AvgIpc) is 2.73. The normalized spacial score (nSPS) is 11.2. The van der Waals surface area contributed by atoms with Crippen molar-refractivity contribution in [1.82, 2.24) is 4.57 Å². The predicted octanol–water partition coefficient (Wildman–Crippen LogP) is 4.14. The Kier molecular flexibility index (Phi) is 6.65. The first-order chi connectivity index (χ1) is 14.7. The summed E-state index contributed by atoms with van der Waals surface area (Å²) in [5, 5.41) is 0. The summed E-state index contributed by atoms with van der Waals surface area (Å²) in [7, 11) is -1.90. The molecule has 3 rings (SSSR count). The second kappa shape index (κ2) is 9.22. The van der Waals surface area contributed by atoms with Crippen molar-refractivity contribution in [2.24, 2.45) is 7.05 Å². The van der Waals surface area contributed by atoms with Crippen molar-refractivity contribution >= 4 is 15.7 Å². The number of aryl methyl sites for hydroxylation is 1. The van der Waals surface area contributed by atoms with E-state index in [2.05, 4.69) is 4.72 Å². The van der Waals surface area contributed by atoms with Crippen molar-refractivity contribution in [3.05, 3.63) is 70.9 Å². The van der Waals surface area contributed by atoms with Crippen LogP contribution in [-0.2, 0) is 17.1 Å². The summed E-state index contributed by atoms with van der Waals surface area (Å²) < 4.78 is 52.9. The van der Waals surface area contributed by atoms with Crippen LogP contribution in [0.3, 0.4) is 0 Å². The number of aromatic nitrogens is 1. The molecule has 0 bridgehead atoms. The van der Waals surface area contributed by atoms with E-state index in [1.54, 1.807) is 38.4 Å². The van der Waals surface area contributed by atoms with E-state index in [4.69, 9.17) is 9.47 Å². The maximum absolute atomic E-state index is 13.3. The summed E-state index contributed by atoms with van der Waals surface area (Å²) >= 11 is 0. The Hall–Kier alpha value is -3.33. The van der Waals surface area contributed by atoms with E-state index in [1.807, 2.05) is 0 Å². The second-order valence-electron chi connectivity index (χ2n) is 6.71. The van der Waals surface area contributed by atoms with E-state index < -0.39 is 15.8 Å². The summed E-state index contributed by atoms with van der Waals surface area (Å²) in [4.78, 5) is 12.1. The standard InChI is InChI=1S/C22H23FN2O5S/c1-4-29-21-13-22(26)25(3)14-19(21)18-12-16(24-31(27,28)5-2)8-11-20(18)30-17-9-6-15(23)7-10-17/h6-14,24H,4-5H2,1-3H3. The molecular weight excluding hydrogens is 423 g/mol. The number of nitrogens with one attached hydrogen (secondary N) is 1. The van der Waals surface area contributed by atoms with Gasteiger partial charge in [0.15, 0.2) is 0 Å². The Morgan fingerprint density at radius 2 is 1.71 bits per heavy atom. The third-order valence-electron chi connectivity index (χ3n) is 4.45. The number of hydrogen-bond donors (Lipinski definition) is 1. The molecule has 0 aliphatic rings. The third-order valence-corrected chi connectivity index (χ3v) is 5.76. The Labute approximate surface area is 180 Å². The van der Waals surface area contributed by atoms with Gasteiger partial charge in [0, 0.05) is 36.1 Å². The van der Waals surface area contributed by atoms with Gasteiger partial charge in [0.05, 0.1) is 12.4 Å². The number of sulfonamides is 1. The molecule has 31 heavy (non-hydrogen) atoms. The molecule has 0 amide bonds. The predicted molar refractivity (Wildman–Crippen MR) is 118 cm³/mol. The third kappa shape index (κ3) is 5.43. The van der Waals surface area contributed by atoms with Crippen molar-refractivity contribution < 1.29 is 22.3 Å². The minimum atomic E-state index is -3.50. The molecular formula is C22H23FN2O5S. The van der Waals surface area contributed by atoms with Crippen LogP contribution >= 0.6 is 0 Å². The minimum absolute atomic E-state index is 0.0831. The molecule has 9 heteroatoms. The van der Waals surface area contributed by atoms with Gasteiger partial charge in [-0.3, -0.25) is 9.52 Å². The SMILES string of the molecule is CCOc1cc(=O)n(C)cc1-c1cc(NS(=O)(=O)CC)ccc1Oc1ccc(F)cc1. The maximum Gasteiger partial charge on any atom is 0.254 e. The summed E-state index contributed by atoms with van der Waals surface area (Å²) in [5.74, 6) is 0.636. The number of rotatable bonds is 8. The highest BCUT2D eigenvalue weighted by Crippen LogP contribution is 2.39. The van der Waals surface area contributed by atoms with Gasteiger partial charge in [-0.05, 0) is 56.3 Å². The fourth-order valence-electron chi connectivity index (χ4n) is 2.86. The average molecular weight is 447 g/mol. The van der Waals surface area contributed by atoms with Gasteiger partial charge in [-0.2, -0.15) is 0 Å². The lowest BCUT2D eigenvalue weighted by Crippen LogP contribution is -2.16. The largest absolute Gasteiger partial charge is 0.493 e. The molecule has 1 aromatic heterocycles. The van der Waals surface area contributed by atoms with Crippen LogP contribution in [0.25, 0.3) is 11.1 Å². The molecule has 0 spiro atoms. The zero-order chi connectivity index (χ0) is 22.6. The van der Waals surface area contributed by atoms with E-state index in [9.17, 15) is 17.6 Å². The molecule has 0 radical (unpaired) electrons. The number of anilines is 1. The highest BCUT2D eigenvalue weighted by molar-refractivity contribution is 7.92. The maximum atomic E-state index is 13.3. The molecule has 0 unspecified atom stereocenters. The quantitative estimate of drug-likeness (QED) is 0.562. The van der Waals surface area contributed by atoms with Crippen molar-refractivity contribution in [3.63, 3.8) is 0 Å². The van der Waals surface area contributed by atoms with Crippen molar-refractivity contribution in [1.29, 1.82) is 0 Å². The molecule has 3 aromatic rings. The van der Waals surface area contributed by atoms with Gasteiger partial charge in [-0.1, -0.05) is 0 Å².